The fourth-order valence-electron chi connectivity index (χ4n) is 2.34. The summed E-state index contributed by atoms with van der Waals surface area (Å²) < 4.78 is 58.7. The fourth-order valence-corrected chi connectivity index (χ4v) is 2.34. The quantitative estimate of drug-likeness (QED) is 0.440. The molecule has 0 aliphatic rings. The lowest BCUT2D eigenvalue weighted by molar-refractivity contribution is -0.325. The van der Waals surface area contributed by atoms with Crippen LogP contribution >= 0.6 is 0 Å². The van der Waals surface area contributed by atoms with E-state index in [1.54, 1.807) is 6.07 Å². The predicted octanol–water partition coefficient (Wildman–Crippen LogP) is 2.80. The summed E-state index contributed by atoms with van der Waals surface area (Å²) in [6.07, 6.45) is -2.02. The Morgan fingerprint density at radius 3 is 2.48 bits per heavy atom. The molecule has 0 aliphatic heterocycles. The molecule has 0 N–H and O–H groups in total. The van der Waals surface area contributed by atoms with Crippen LogP contribution in [-0.4, -0.2) is 39.3 Å². The first-order valence-electron chi connectivity index (χ1n) is 8.29. The van der Waals surface area contributed by atoms with Gasteiger partial charge in [-0.2, -0.15) is 5.10 Å². The van der Waals surface area contributed by atoms with Gasteiger partial charge in [-0.1, -0.05) is 12.1 Å². The molecule has 3 rings (SSSR count). The molecule has 3 aromatic rings. The van der Waals surface area contributed by atoms with Gasteiger partial charge in [-0.15, -0.1) is 13.2 Å². The van der Waals surface area contributed by atoms with Gasteiger partial charge in [0.15, 0.2) is 0 Å². The second kappa shape index (κ2) is 8.78. The maximum absolute atomic E-state index is 13.3. The van der Waals surface area contributed by atoms with Gasteiger partial charge >= 0.3 is 12.4 Å². The number of alkyl halides is 3. The molecule has 11 heteroatoms. The third-order valence-corrected chi connectivity index (χ3v) is 3.59. The minimum atomic E-state index is -4.73. The standard InChI is InChI=1S/C18H14F4N4O3/c19-14-3-1-2-12(8-14)11-26-16(27)5-4-15(25-26)13-9-23-17(24-10-13)28-6-7-29-18(20,21)22/h1-5,8-10H,6-7,11H2. The lowest BCUT2D eigenvalue weighted by Crippen LogP contribution is -2.23. The zero-order chi connectivity index (χ0) is 20.9. The summed E-state index contributed by atoms with van der Waals surface area (Å²) in [5.41, 5.74) is 1.03. The Morgan fingerprint density at radius 2 is 1.79 bits per heavy atom. The van der Waals surface area contributed by atoms with Gasteiger partial charge in [0.2, 0.25) is 0 Å². The lowest BCUT2D eigenvalue weighted by Gasteiger charge is -2.09. The van der Waals surface area contributed by atoms with Crippen LogP contribution in [0.1, 0.15) is 5.56 Å². The highest BCUT2D eigenvalue weighted by atomic mass is 19.4. The molecule has 0 radical (unpaired) electrons. The molecule has 0 saturated carbocycles. The Bertz CT molecular complexity index is 1020. The largest absolute Gasteiger partial charge is 0.522 e. The Labute approximate surface area is 161 Å². The van der Waals surface area contributed by atoms with E-state index in [9.17, 15) is 22.4 Å². The second-order valence-corrected chi connectivity index (χ2v) is 5.74. The minimum Gasteiger partial charge on any atom is -0.461 e. The van der Waals surface area contributed by atoms with Gasteiger partial charge in [-0.3, -0.25) is 9.53 Å². The molecule has 0 atom stereocenters. The molecule has 0 unspecified atom stereocenters. The van der Waals surface area contributed by atoms with E-state index in [0.29, 0.717) is 16.8 Å². The smallest absolute Gasteiger partial charge is 0.461 e. The first-order valence-corrected chi connectivity index (χ1v) is 8.29. The summed E-state index contributed by atoms with van der Waals surface area (Å²) >= 11 is 0. The summed E-state index contributed by atoms with van der Waals surface area (Å²) in [5.74, 6) is -0.420. The molecule has 0 spiro atoms. The van der Waals surface area contributed by atoms with Gasteiger partial charge in [0.1, 0.15) is 12.4 Å². The van der Waals surface area contributed by atoms with Gasteiger partial charge in [0.05, 0.1) is 18.8 Å². The molecule has 2 aromatic heterocycles. The van der Waals surface area contributed by atoms with E-state index < -0.39 is 18.8 Å². The molecule has 0 aliphatic carbocycles. The van der Waals surface area contributed by atoms with E-state index in [-0.39, 0.29) is 24.7 Å². The van der Waals surface area contributed by atoms with Crippen molar-refractivity contribution in [2.24, 2.45) is 0 Å². The normalized spacial score (nSPS) is 11.4. The fraction of sp³-hybridized carbons (Fsp3) is 0.222. The van der Waals surface area contributed by atoms with Crippen molar-refractivity contribution in [3.63, 3.8) is 0 Å². The minimum absolute atomic E-state index is 0.0751. The topological polar surface area (TPSA) is 79.1 Å². The molecule has 152 valence electrons. The van der Waals surface area contributed by atoms with Gasteiger partial charge in [-0.05, 0) is 23.8 Å². The average molecular weight is 410 g/mol. The van der Waals surface area contributed by atoms with Crippen LogP contribution in [0.2, 0.25) is 0 Å². The number of hydrogen-bond donors (Lipinski definition) is 0. The molecule has 7 nitrogen and oxygen atoms in total. The molecule has 2 heterocycles. The Balaban J connectivity index is 1.68. The highest BCUT2D eigenvalue weighted by molar-refractivity contribution is 5.55. The molecule has 0 amide bonds. The molecular formula is C18H14F4N4O3. The van der Waals surface area contributed by atoms with Crippen LogP contribution in [0.15, 0.2) is 53.6 Å². The molecular weight excluding hydrogens is 396 g/mol. The van der Waals surface area contributed by atoms with Crippen LogP contribution in [-0.2, 0) is 11.3 Å². The molecule has 0 bridgehead atoms. The summed E-state index contributed by atoms with van der Waals surface area (Å²) in [5, 5.41) is 4.22. The highest BCUT2D eigenvalue weighted by Crippen LogP contribution is 2.17. The van der Waals surface area contributed by atoms with Crippen molar-refractivity contribution in [3.8, 4) is 17.3 Å². The summed E-state index contributed by atoms with van der Waals surface area (Å²) in [7, 11) is 0. The van der Waals surface area contributed by atoms with Gasteiger partial charge in [0, 0.05) is 24.0 Å². The molecule has 0 saturated heterocycles. The lowest BCUT2D eigenvalue weighted by atomic mass is 10.2. The zero-order valence-corrected chi connectivity index (χ0v) is 14.8. The third-order valence-electron chi connectivity index (χ3n) is 3.59. The van der Waals surface area contributed by atoms with E-state index >= 15 is 0 Å². The van der Waals surface area contributed by atoms with Crippen molar-refractivity contribution >= 4 is 0 Å². The van der Waals surface area contributed by atoms with E-state index in [1.807, 2.05) is 0 Å². The van der Waals surface area contributed by atoms with Crippen molar-refractivity contribution in [2.45, 2.75) is 12.9 Å². The maximum atomic E-state index is 13.3. The van der Waals surface area contributed by atoms with Crippen molar-refractivity contribution < 1.29 is 27.0 Å². The first kappa shape index (κ1) is 20.4. The van der Waals surface area contributed by atoms with Gasteiger partial charge in [0.25, 0.3) is 5.56 Å². The van der Waals surface area contributed by atoms with E-state index in [2.05, 4.69) is 19.8 Å². The monoisotopic (exact) mass is 410 g/mol. The van der Waals surface area contributed by atoms with Gasteiger partial charge in [-0.25, -0.2) is 19.0 Å². The number of nitrogens with zero attached hydrogens (tertiary/aromatic N) is 4. The number of benzene rings is 1. The maximum Gasteiger partial charge on any atom is 0.522 e. The zero-order valence-electron chi connectivity index (χ0n) is 14.8. The molecule has 1 aromatic carbocycles. The number of halogens is 4. The Morgan fingerprint density at radius 1 is 1.03 bits per heavy atom. The van der Waals surface area contributed by atoms with E-state index in [4.69, 9.17) is 4.74 Å². The second-order valence-electron chi connectivity index (χ2n) is 5.74. The van der Waals surface area contributed by atoms with Crippen LogP contribution < -0.4 is 10.3 Å². The van der Waals surface area contributed by atoms with Crippen molar-refractivity contribution in [2.75, 3.05) is 13.2 Å². The Hall–Kier alpha value is -3.34. The third kappa shape index (κ3) is 6.07. The summed E-state index contributed by atoms with van der Waals surface area (Å²) in [6, 6.07) is 8.45. The summed E-state index contributed by atoms with van der Waals surface area (Å²) in [6.45, 7) is -0.997. The number of rotatable bonds is 7. The molecule has 0 fully saturated rings. The number of aromatic nitrogens is 4. The SMILES string of the molecule is O=c1ccc(-c2cnc(OCCOC(F)(F)F)nc2)nn1Cc1cccc(F)c1. The predicted molar refractivity (Wildman–Crippen MR) is 92.5 cm³/mol. The van der Waals surface area contributed by atoms with Crippen molar-refractivity contribution in [1.29, 1.82) is 0 Å². The number of ether oxygens (including phenoxy) is 2. The van der Waals surface area contributed by atoms with E-state index in [1.165, 1.54) is 47.4 Å². The highest BCUT2D eigenvalue weighted by Gasteiger charge is 2.28. The van der Waals surface area contributed by atoms with Crippen LogP contribution in [0.25, 0.3) is 11.3 Å². The molecule has 29 heavy (non-hydrogen) atoms. The van der Waals surface area contributed by atoms with Crippen molar-refractivity contribution in [1.82, 2.24) is 19.7 Å². The summed E-state index contributed by atoms with van der Waals surface area (Å²) in [4.78, 5) is 19.8. The van der Waals surface area contributed by atoms with Crippen LogP contribution in [0, 0.1) is 5.82 Å². The average Bonchev–Trinajstić information content (AvgIpc) is 2.67. The Kier molecular flexibility index (Phi) is 6.17. The van der Waals surface area contributed by atoms with Crippen LogP contribution in [0.5, 0.6) is 6.01 Å². The first-order chi connectivity index (χ1) is 13.8. The van der Waals surface area contributed by atoms with E-state index in [0.717, 1.165) is 0 Å². The van der Waals surface area contributed by atoms with Crippen LogP contribution in [0.3, 0.4) is 0 Å². The van der Waals surface area contributed by atoms with Crippen molar-refractivity contribution in [3.05, 3.63) is 70.5 Å². The van der Waals surface area contributed by atoms with Crippen LogP contribution in [0.4, 0.5) is 17.6 Å². The van der Waals surface area contributed by atoms with Gasteiger partial charge < -0.3 is 4.74 Å². The number of hydrogen-bond acceptors (Lipinski definition) is 6.